The summed E-state index contributed by atoms with van der Waals surface area (Å²) in [6.45, 7) is 8.75. The van der Waals surface area contributed by atoms with Gasteiger partial charge in [0.2, 0.25) is 0 Å². The van der Waals surface area contributed by atoms with E-state index in [1.165, 1.54) is 0 Å². The number of methoxy groups -OCH3 is 1. The Hall–Kier alpha value is -1.60. The number of hydrogen-bond acceptors (Lipinski definition) is 4. The van der Waals surface area contributed by atoms with E-state index in [-0.39, 0.29) is 11.4 Å². The van der Waals surface area contributed by atoms with Gasteiger partial charge in [0.05, 0.1) is 25.5 Å². The second kappa shape index (κ2) is 6.88. The molecule has 2 heterocycles. The molecular formula is C16H28N4O3. The molecule has 1 atom stereocenters. The summed E-state index contributed by atoms with van der Waals surface area (Å²) in [5.41, 5.74) is 0.298. The molecule has 0 aromatic carbocycles. The summed E-state index contributed by atoms with van der Waals surface area (Å²) in [5, 5.41) is 7.46. The first-order valence-corrected chi connectivity index (χ1v) is 7.92. The molecule has 0 bridgehead atoms. The predicted molar refractivity (Wildman–Crippen MR) is 87.4 cm³/mol. The molecule has 1 unspecified atom stereocenters. The largest absolute Gasteiger partial charge is 0.382 e. The Morgan fingerprint density at radius 1 is 1.57 bits per heavy atom. The Morgan fingerprint density at radius 2 is 2.30 bits per heavy atom. The second-order valence-electron chi connectivity index (χ2n) is 7.07. The smallest absolute Gasteiger partial charge is 0.317 e. The van der Waals surface area contributed by atoms with Crippen molar-refractivity contribution in [2.24, 2.45) is 7.05 Å². The molecule has 130 valence electrons. The summed E-state index contributed by atoms with van der Waals surface area (Å²) in [7, 11) is 3.53. The summed E-state index contributed by atoms with van der Waals surface area (Å²) in [6, 6.07) is 1.91. The monoisotopic (exact) mass is 324 g/mol. The summed E-state index contributed by atoms with van der Waals surface area (Å²) < 4.78 is 12.7. The average molecular weight is 324 g/mol. The van der Waals surface area contributed by atoms with E-state index in [1.807, 2.05) is 26.2 Å². The summed E-state index contributed by atoms with van der Waals surface area (Å²) in [4.78, 5) is 14.3. The molecule has 1 aliphatic rings. The van der Waals surface area contributed by atoms with E-state index < -0.39 is 5.60 Å². The molecular weight excluding hydrogens is 296 g/mol. The van der Waals surface area contributed by atoms with E-state index in [9.17, 15) is 4.79 Å². The summed E-state index contributed by atoms with van der Waals surface area (Å²) in [5.74, 6) is 0. The molecule has 1 N–H and O–H groups in total. The number of rotatable bonds is 5. The SMILES string of the molecule is COCC1(C)CN(C(=O)NCC(C)(C)c2ccn(C)n2)CCO1. The van der Waals surface area contributed by atoms with Gasteiger partial charge in [0, 0.05) is 38.9 Å². The van der Waals surface area contributed by atoms with Gasteiger partial charge in [-0.25, -0.2) is 4.79 Å². The van der Waals surface area contributed by atoms with Crippen LogP contribution in [0, 0.1) is 0 Å². The number of hydrogen-bond donors (Lipinski definition) is 1. The minimum absolute atomic E-state index is 0.0698. The Balaban J connectivity index is 1.91. The minimum atomic E-state index is -0.444. The lowest BCUT2D eigenvalue weighted by atomic mass is 9.89. The number of aryl methyl sites for hydroxylation is 1. The number of nitrogens with zero attached hydrogens (tertiary/aromatic N) is 3. The van der Waals surface area contributed by atoms with Gasteiger partial charge >= 0.3 is 6.03 Å². The van der Waals surface area contributed by atoms with Crippen LogP contribution in [0.2, 0.25) is 0 Å². The number of ether oxygens (including phenoxy) is 2. The first kappa shape index (κ1) is 17.7. The third-order valence-corrected chi connectivity index (χ3v) is 4.16. The number of amides is 2. The van der Waals surface area contributed by atoms with Gasteiger partial charge < -0.3 is 19.7 Å². The molecule has 23 heavy (non-hydrogen) atoms. The number of morpholine rings is 1. The van der Waals surface area contributed by atoms with Crippen LogP contribution >= 0.6 is 0 Å². The van der Waals surface area contributed by atoms with Crippen molar-refractivity contribution >= 4 is 6.03 Å². The molecule has 0 radical (unpaired) electrons. The molecule has 0 spiro atoms. The lowest BCUT2D eigenvalue weighted by molar-refractivity contribution is -0.118. The minimum Gasteiger partial charge on any atom is -0.382 e. The molecule has 1 aliphatic heterocycles. The highest BCUT2D eigenvalue weighted by atomic mass is 16.5. The van der Waals surface area contributed by atoms with Crippen LogP contribution in [0.3, 0.4) is 0 Å². The maximum atomic E-state index is 12.5. The van der Waals surface area contributed by atoms with Crippen LogP contribution in [0.15, 0.2) is 12.3 Å². The van der Waals surface area contributed by atoms with Crippen LogP contribution in [0.25, 0.3) is 0 Å². The van der Waals surface area contributed by atoms with Gasteiger partial charge in [-0.1, -0.05) is 13.8 Å². The van der Waals surface area contributed by atoms with Crippen LogP contribution in [-0.2, 0) is 21.9 Å². The van der Waals surface area contributed by atoms with Crippen LogP contribution in [0.4, 0.5) is 4.79 Å². The van der Waals surface area contributed by atoms with Gasteiger partial charge in [-0.15, -0.1) is 0 Å². The number of nitrogens with one attached hydrogen (secondary N) is 1. The van der Waals surface area contributed by atoms with Gasteiger partial charge in [0.25, 0.3) is 0 Å². The Bertz CT molecular complexity index is 539. The van der Waals surface area contributed by atoms with Crippen molar-refractivity contribution in [1.82, 2.24) is 20.0 Å². The van der Waals surface area contributed by atoms with Crippen molar-refractivity contribution in [2.45, 2.75) is 31.8 Å². The zero-order chi connectivity index (χ0) is 17.1. The van der Waals surface area contributed by atoms with Crippen LogP contribution in [0.5, 0.6) is 0 Å². The third kappa shape index (κ3) is 4.45. The van der Waals surface area contributed by atoms with Crippen molar-refractivity contribution in [3.63, 3.8) is 0 Å². The number of carbonyl (C=O) groups excluding carboxylic acids is 1. The quantitative estimate of drug-likeness (QED) is 0.882. The fraction of sp³-hybridized carbons (Fsp3) is 0.750. The fourth-order valence-electron chi connectivity index (χ4n) is 2.77. The van der Waals surface area contributed by atoms with Crippen LogP contribution in [0.1, 0.15) is 26.5 Å². The fourth-order valence-corrected chi connectivity index (χ4v) is 2.77. The molecule has 7 heteroatoms. The average Bonchev–Trinajstić information content (AvgIpc) is 2.92. The molecule has 2 rings (SSSR count). The van der Waals surface area contributed by atoms with Crippen molar-refractivity contribution in [3.05, 3.63) is 18.0 Å². The van der Waals surface area contributed by atoms with E-state index in [4.69, 9.17) is 9.47 Å². The van der Waals surface area contributed by atoms with Crippen molar-refractivity contribution in [3.8, 4) is 0 Å². The van der Waals surface area contributed by atoms with E-state index in [1.54, 1.807) is 16.7 Å². The number of urea groups is 1. The first-order valence-electron chi connectivity index (χ1n) is 7.92. The van der Waals surface area contributed by atoms with Gasteiger partial charge in [0.1, 0.15) is 5.60 Å². The van der Waals surface area contributed by atoms with Crippen LogP contribution in [-0.4, -0.2) is 66.3 Å². The lowest BCUT2D eigenvalue weighted by Gasteiger charge is -2.40. The Morgan fingerprint density at radius 3 is 2.91 bits per heavy atom. The van der Waals surface area contributed by atoms with Gasteiger partial charge in [0.15, 0.2) is 0 Å². The maximum absolute atomic E-state index is 12.5. The highest BCUT2D eigenvalue weighted by Crippen LogP contribution is 2.21. The molecule has 0 saturated carbocycles. The number of carbonyl (C=O) groups is 1. The Labute approximate surface area is 137 Å². The van der Waals surface area contributed by atoms with Crippen molar-refractivity contribution < 1.29 is 14.3 Å². The highest BCUT2D eigenvalue weighted by Gasteiger charge is 2.35. The molecule has 7 nitrogen and oxygen atoms in total. The summed E-state index contributed by atoms with van der Waals surface area (Å²) in [6.07, 6.45) is 1.91. The highest BCUT2D eigenvalue weighted by molar-refractivity contribution is 5.74. The van der Waals surface area contributed by atoms with Crippen molar-refractivity contribution in [2.75, 3.05) is 40.0 Å². The molecule has 2 amide bonds. The van der Waals surface area contributed by atoms with Gasteiger partial charge in [-0.3, -0.25) is 4.68 Å². The molecule has 0 aliphatic carbocycles. The first-order chi connectivity index (χ1) is 10.8. The Kier molecular flexibility index (Phi) is 5.31. The third-order valence-electron chi connectivity index (χ3n) is 4.16. The second-order valence-corrected chi connectivity index (χ2v) is 7.07. The zero-order valence-electron chi connectivity index (χ0n) is 14.8. The van der Waals surface area contributed by atoms with E-state index in [2.05, 4.69) is 24.3 Å². The topological polar surface area (TPSA) is 68.6 Å². The standard InChI is InChI=1S/C16H28N4O3/c1-15(2,13-6-7-19(4)18-13)10-17-14(21)20-8-9-23-16(3,11-20)12-22-5/h6-7H,8-12H2,1-5H3,(H,17,21). The molecule has 1 fully saturated rings. The van der Waals surface area contributed by atoms with Crippen molar-refractivity contribution in [1.29, 1.82) is 0 Å². The maximum Gasteiger partial charge on any atom is 0.317 e. The molecule has 1 aromatic rings. The van der Waals surface area contributed by atoms with E-state index in [0.29, 0.717) is 32.8 Å². The van der Waals surface area contributed by atoms with E-state index in [0.717, 1.165) is 5.69 Å². The zero-order valence-corrected chi connectivity index (χ0v) is 14.8. The van der Waals surface area contributed by atoms with E-state index >= 15 is 0 Å². The number of aromatic nitrogens is 2. The summed E-state index contributed by atoms with van der Waals surface area (Å²) >= 11 is 0. The van der Waals surface area contributed by atoms with Gasteiger partial charge in [-0.05, 0) is 13.0 Å². The molecule has 1 saturated heterocycles. The van der Waals surface area contributed by atoms with Gasteiger partial charge in [-0.2, -0.15) is 5.10 Å². The predicted octanol–water partition coefficient (Wildman–Crippen LogP) is 1.14. The normalized spacial score (nSPS) is 22.2. The van der Waals surface area contributed by atoms with Crippen LogP contribution < -0.4 is 5.32 Å². The molecule has 1 aromatic heterocycles. The lowest BCUT2D eigenvalue weighted by Crippen LogP contribution is -2.57.